The molecular weight excluding hydrogens is 454 g/mol. The normalized spacial score (nSPS) is 16.4. The van der Waals surface area contributed by atoms with E-state index < -0.39 is 0 Å². The van der Waals surface area contributed by atoms with Crippen LogP contribution in [0.4, 0.5) is 17.6 Å². The van der Waals surface area contributed by atoms with Gasteiger partial charge in [0.2, 0.25) is 11.8 Å². The van der Waals surface area contributed by atoms with Gasteiger partial charge in [0.05, 0.1) is 30.5 Å². The Kier molecular flexibility index (Phi) is 5.67. The van der Waals surface area contributed by atoms with Gasteiger partial charge >= 0.3 is 0 Å². The number of ether oxygens (including phenoxy) is 1. The van der Waals surface area contributed by atoms with Crippen molar-refractivity contribution < 1.29 is 4.74 Å². The summed E-state index contributed by atoms with van der Waals surface area (Å²) in [6, 6.07) is 7.79. The Morgan fingerprint density at radius 1 is 1.06 bits per heavy atom. The lowest BCUT2D eigenvalue weighted by molar-refractivity contribution is 0.399. The number of nitrogens with one attached hydrogen (secondary N) is 1. The van der Waals surface area contributed by atoms with Gasteiger partial charge in [0, 0.05) is 56.2 Å². The highest BCUT2D eigenvalue weighted by atomic mass is 16.5. The number of hydrogen-bond acceptors (Lipinski definition) is 10. The van der Waals surface area contributed by atoms with Crippen molar-refractivity contribution in [3.05, 3.63) is 53.4 Å². The van der Waals surface area contributed by atoms with Gasteiger partial charge in [0.1, 0.15) is 17.5 Å². The number of amidine groups is 1. The van der Waals surface area contributed by atoms with Gasteiger partial charge in [-0.1, -0.05) is 11.8 Å². The molecule has 0 atom stereocenters. The molecule has 1 fully saturated rings. The van der Waals surface area contributed by atoms with Crippen molar-refractivity contribution in [3.8, 4) is 29.0 Å². The third-order valence-electron chi connectivity index (χ3n) is 6.31. The van der Waals surface area contributed by atoms with E-state index >= 15 is 0 Å². The topological polar surface area (TPSA) is 118 Å². The summed E-state index contributed by atoms with van der Waals surface area (Å²) in [5.74, 6) is 9.53. The van der Waals surface area contributed by atoms with Crippen molar-refractivity contribution in [2.45, 2.75) is 0 Å². The first-order chi connectivity index (χ1) is 17.7. The summed E-state index contributed by atoms with van der Waals surface area (Å²) in [7, 11) is 1.62. The minimum Gasteiger partial charge on any atom is -0.480 e. The van der Waals surface area contributed by atoms with Crippen molar-refractivity contribution >= 4 is 29.5 Å². The Bertz CT molecular complexity index is 1430. The molecule has 3 N–H and O–H groups in total. The standard InChI is InChI=1S/C26H25N9O/c1-36-25-19(6-7-21(31-25)34-12-9-28-10-13-34)22-20-15-18(5-4-17-3-2-8-29-16-17)23-30-11-14-35(23)24(20)33-26(27)32-22/h2-3,6-8,15-16,28H,9-14H2,1H3,(H2,27,32,33). The molecule has 180 valence electrons. The zero-order valence-electron chi connectivity index (χ0n) is 19.9. The molecule has 10 heteroatoms. The number of fused-ring (bicyclic) bond motifs is 3. The first-order valence-corrected chi connectivity index (χ1v) is 11.9. The molecule has 0 spiro atoms. The molecule has 6 heterocycles. The molecule has 3 aromatic rings. The van der Waals surface area contributed by atoms with E-state index in [1.807, 2.05) is 30.3 Å². The van der Waals surface area contributed by atoms with Gasteiger partial charge in [0.25, 0.3) is 0 Å². The monoisotopic (exact) mass is 479 g/mol. The third kappa shape index (κ3) is 3.99. The van der Waals surface area contributed by atoms with Crippen LogP contribution in [0, 0.1) is 11.8 Å². The second-order valence-electron chi connectivity index (χ2n) is 8.54. The Balaban J connectivity index is 1.47. The van der Waals surface area contributed by atoms with E-state index in [9.17, 15) is 0 Å². The lowest BCUT2D eigenvalue weighted by Crippen LogP contribution is -2.43. The molecule has 0 aliphatic carbocycles. The van der Waals surface area contributed by atoms with E-state index in [1.54, 1.807) is 19.5 Å². The average molecular weight is 480 g/mol. The van der Waals surface area contributed by atoms with E-state index in [0.29, 0.717) is 30.5 Å². The van der Waals surface area contributed by atoms with Crippen LogP contribution in [0.3, 0.4) is 0 Å². The molecule has 10 nitrogen and oxygen atoms in total. The number of aromatic nitrogens is 4. The van der Waals surface area contributed by atoms with Crippen LogP contribution in [0.2, 0.25) is 0 Å². The van der Waals surface area contributed by atoms with Crippen LogP contribution >= 0.6 is 0 Å². The van der Waals surface area contributed by atoms with Crippen LogP contribution in [0.1, 0.15) is 11.1 Å². The molecule has 0 unspecified atom stereocenters. The number of aliphatic imine (C=N–C) groups is 1. The summed E-state index contributed by atoms with van der Waals surface area (Å²) >= 11 is 0. The maximum Gasteiger partial charge on any atom is 0.224 e. The summed E-state index contributed by atoms with van der Waals surface area (Å²) in [4.78, 5) is 27.1. The highest BCUT2D eigenvalue weighted by Gasteiger charge is 2.32. The fourth-order valence-corrected chi connectivity index (χ4v) is 4.62. The van der Waals surface area contributed by atoms with E-state index in [-0.39, 0.29) is 5.95 Å². The number of hydrogen-bond donors (Lipinski definition) is 2. The van der Waals surface area contributed by atoms with Gasteiger partial charge < -0.3 is 25.6 Å². The molecule has 0 saturated carbocycles. The van der Waals surface area contributed by atoms with Crippen molar-refractivity contribution in [2.24, 2.45) is 4.99 Å². The number of pyridine rings is 2. The Morgan fingerprint density at radius 2 is 1.94 bits per heavy atom. The molecule has 0 amide bonds. The quantitative estimate of drug-likeness (QED) is 0.540. The first kappa shape index (κ1) is 22.0. The zero-order valence-corrected chi connectivity index (χ0v) is 19.9. The van der Waals surface area contributed by atoms with Crippen LogP contribution in [-0.2, 0) is 0 Å². The zero-order chi connectivity index (χ0) is 24.5. The molecule has 0 bridgehead atoms. The predicted octanol–water partition coefficient (Wildman–Crippen LogP) is 1.60. The summed E-state index contributed by atoms with van der Waals surface area (Å²) < 4.78 is 5.73. The molecule has 1 saturated heterocycles. The summed E-state index contributed by atoms with van der Waals surface area (Å²) in [6.07, 6.45) is 5.45. The molecule has 6 rings (SSSR count). The van der Waals surface area contributed by atoms with Crippen molar-refractivity contribution in [1.82, 2.24) is 25.3 Å². The van der Waals surface area contributed by atoms with Crippen molar-refractivity contribution in [3.63, 3.8) is 0 Å². The largest absolute Gasteiger partial charge is 0.480 e. The number of piperazine rings is 1. The second kappa shape index (κ2) is 9.28. The predicted molar refractivity (Wildman–Crippen MR) is 140 cm³/mol. The van der Waals surface area contributed by atoms with Crippen LogP contribution in [0.5, 0.6) is 5.88 Å². The molecule has 3 aromatic heterocycles. The molecule has 36 heavy (non-hydrogen) atoms. The minimum absolute atomic E-state index is 0.182. The maximum atomic E-state index is 6.19. The van der Waals surface area contributed by atoms with Gasteiger partial charge in [-0.2, -0.15) is 9.97 Å². The summed E-state index contributed by atoms with van der Waals surface area (Å²) in [6.45, 7) is 4.99. The van der Waals surface area contributed by atoms with Crippen LogP contribution < -0.4 is 25.6 Å². The van der Waals surface area contributed by atoms with E-state index in [4.69, 9.17) is 15.5 Å². The molecule has 3 aliphatic heterocycles. The van der Waals surface area contributed by atoms with E-state index in [1.165, 1.54) is 0 Å². The number of nitrogens with zero attached hydrogens (tertiary/aromatic N) is 7. The van der Waals surface area contributed by atoms with Gasteiger partial charge in [-0.05, 0) is 30.3 Å². The molecular formula is C26H25N9O. The minimum atomic E-state index is 0.182. The van der Waals surface area contributed by atoms with E-state index in [0.717, 1.165) is 60.1 Å². The Hall–Kier alpha value is -4.49. The maximum absolute atomic E-state index is 6.19. The number of rotatable bonds is 3. The van der Waals surface area contributed by atoms with Gasteiger partial charge in [-0.15, -0.1) is 0 Å². The Morgan fingerprint density at radius 3 is 2.75 bits per heavy atom. The van der Waals surface area contributed by atoms with Gasteiger partial charge in [-0.3, -0.25) is 9.98 Å². The first-order valence-electron chi connectivity index (χ1n) is 11.9. The lowest BCUT2D eigenvalue weighted by atomic mass is 10.00. The number of anilines is 3. The average Bonchev–Trinajstić information content (AvgIpc) is 3.43. The molecule has 0 radical (unpaired) electrons. The summed E-state index contributed by atoms with van der Waals surface area (Å²) in [5.41, 5.74) is 10.0. The number of nitrogen functional groups attached to an aromatic ring is 1. The van der Waals surface area contributed by atoms with Crippen LogP contribution in [0.25, 0.3) is 17.3 Å². The molecule has 0 aromatic carbocycles. The van der Waals surface area contributed by atoms with Crippen molar-refractivity contribution in [1.29, 1.82) is 0 Å². The van der Waals surface area contributed by atoms with E-state index in [2.05, 4.69) is 46.9 Å². The number of methoxy groups -OCH3 is 1. The smallest absolute Gasteiger partial charge is 0.224 e. The van der Waals surface area contributed by atoms with Crippen molar-refractivity contribution in [2.75, 3.05) is 61.9 Å². The second-order valence-corrected chi connectivity index (χ2v) is 8.54. The van der Waals surface area contributed by atoms with Gasteiger partial charge in [-0.25, -0.2) is 4.98 Å². The van der Waals surface area contributed by atoms with Crippen LogP contribution in [-0.4, -0.2) is 72.1 Å². The lowest BCUT2D eigenvalue weighted by Gasteiger charge is -2.29. The number of nitrogens with two attached hydrogens (primary N) is 1. The third-order valence-corrected chi connectivity index (χ3v) is 6.31. The molecule has 3 aliphatic rings. The highest BCUT2D eigenvalue weighted by molar-refractivity contribution is 6.20. The van der Waals surface area contributed by atoms with Crippen LogP contribution in [0.15, 0.2) is 47.2 Å². The van der Waals surface area contributed by atoms with Gasteiger partial charge in [0.15, 0.2) is 0 Å². The Labute approximate surface area is 209 Å². The summed E-state index contributed by atoms with van der Waals surface area (Å²) in [5, 5.41) is 3.37. The fourth-order valence-electron chi connectivity index (χ4n) is 4.62. The fraction of sp³-hybridized carbons (Fsp3) is 0.269. The highest BCUT2D eigenvalue weighted by Crippen LogP contribution is 2.39. The SMILES string of the molecule is COc1nc(N2CCNCC2)ccc1-c1nc(N)nc2c1C=C(C#Cc1cccnc1)C1=NCCN12.